The number of amides is 1. The van der Waals surface area contributed by atoms with Gasteiger partial charge in [0, 0.05) is 0 Å². The Kier molecular flexibility index (Phi) is 3.20. The highest BCUT2D eigenvalue weighted by atomic mass is 35.5. The molecule has 0 aliphatic rings. The first-order chi connectivity index (χ1) is 8.49. The Hall–Kier alpha value is -2.08. The van der Waals surface area contributed by atoms with E-state index in [9.17, 15) is 9.59 Å². The van der Waals surface area contributed by atoms with E-state index in [2.05, 4.69) is 15.3 Å². The van der Waals surface area contributed by atoms with Crippen molar-refractivity contribution in [1.29, 1.82) is 0 Å². The number of carbonyl (C=O) groups is 1. The van der Waals surface area contributed by atoms with Crippen LogP contribution in [0.5, 0.6) is 0 Å². The van der Waals surface area contributed by atoms with Gasteiger partial charge in [-0.15, -0.1) is 0 Å². The van der Waals surface area contributed by atoms with E-state index in [0.29, 0.717) is 15.9 Å². The number of hydrogen-bond donors (Lipinski definition) is 3. The predicted octanol–water partition coefficient (Wildman–Crippen LogP) is 1.91. The number of halogens is 1. The second-order valence-electron chi connectivity index (χ2n) is 3.76. The van der Waals surface area contributed by atoms with Gasteiger partial charge in [0.2, 0.25) is 0 Å². The second-order valence-corrected chi connectivity index (χ2v) is 4.16. The minimum absolute atomic E-state index is 0.247. The van der Waals surface area contributed by atoms with Gasteiger partial charge in [0.15, 0.2) is 0 Å². The third-order valence-electron chi connectivity index (χ3n) is 2.45. The summed E-state index contributed by atoms with van der Waals surface area (Å²) in [6.45, 7) is 1.59. The molecule has 1 aromatic heterocycles. The molecule has 0 aliphatic heterocycles. The molecule has 0 saturated heterocycles. The summed E-state index contributed by atoms with van der Waals surface area (Å²) in [5.41, 5.74) is 0.0416. The van der Waals surface area contributed by atoms with Gasteiger partial charge in [-0.1, -0.05) is 17.7 Å². The van der Waals surface area contributed by atoms with Crippen LogP contribution in [0.2, 0.25) is 5.02 Å². The number of H-pyrrole nitrogens is 1. The molecule has 7 heteroatoms. The quantitative estimate of drug-likeness (QED) is 0.774. The van der Waals surface area contributed by atoms with E-state index in [1.165, 1.54) is 0 Å². The van der Waals surface area contributed by atoms with Crippen molar-refractivity contribution in [2.75, 3.05) is 0 Å². The van der Waals surface area contributed by atoms with E-state index < -0.39 is 12.1 Å². The third kappa shape index (κ3) is 2.28. The van der Waals surface area contributed by atoms with E-state index in [0.717, 1.165) is 0 Å². The first-order valence-electron chi connectivity index (χ1n) is 5.17. The van der Waals surface area contributed by atoms with Gasteiger partial charge in [-0.25, -0.2) is 9.78 Å². The molecular weight excluding hydrogens is 258 g/mol. The number of aromatic nitrogens is 2. The number of nitrogens with zero attached hydrogens (tertiary/aromatic N) is 1. The number of hydrogen-bond acceptors (Lipinski definition) is 3. The lowest BCUT2D eigenvalue weighted by Gasteiger charge is -2.11. The fourth-order valence-electron chi connectivity index (χ4n) is 1.63. The zero-order valence-corrected chi connectivity index (χ0v) is 10.2. The van der Waals surface area contributed by atoms with Crippen LogP contribution in [0.4, 0.5) is 4.79 Å². The van der Waals surface area contributed by atoms with Crippen molar-refractivity contribution in [3.05, 3.63) is 39.4 Å². The molecule has 0 aliphatic carbocycles. The van der Waals surface area contributed by atoms with Crippen LogP contribution < -0.4 is 10.9 Å². The summed E-state index contributed by atoms with van der Waals surface area (Å²) in [6.07, 6.45) is -1.18. The molecule has 6 nitrogen and oxygen atoms in total. The first kappa shape index (κ1) is 12.4. The standard InChI is InChI=1S/C11H10ClN3O3/c1-5(13-11(17)18)9-14-7-4-2-3-6(12)8(7)10(16)15-9/h2-5,13H,1H3,(H,17,18)(H,14,15,16). The molecule has 1 atom stereocenters. The first-order valence-corrected chi connectivity index (χ1v) is 5.54. The predicted molar refractivity (Wildman–Crippen MR) is 66.9 cm³/mol. The fourth-order valence-corrected chi connectivity index (χ4v) is 1.88. The molecule has 0 radical (unpaired) electrons. The SMILES string of the molecule is CC(NC(=O)O)c1nc2cccc(Cl)c2c(=O)[nH]1. The Morgan fingerprint density at radius 3 is 2.94 bits per heavy atom. The Balaban J connectivity index is 2.56. The van der Waals surface area contributed by atoms with E-state index >= 15 is 0 Å². The Labute approximate surface area is 107 Å². The maximum atomic E-state index is 11.9. The summed E-state index contributed by atoms with van der Waals surface area (Å²) in [6, 6.07) is 4.31. The minimum atomic E-state index is -1.18. The highest BCUT2D eigenvalue weighted by molar-refractivity contribution is 6.35. The van der Waals surface area contributed by atoms with E-state index in [1.807, 2.05) is 0 Å². The van der Waals surface area contributed by atoms with Crippen LogP contribution in [0.25, 0.3) is 10.9 Å². The average Bonchev–Trinajstić information content (AvgIpc) is 2.27. The van der Waals surface area contributed by atoms with Gasteiger partial charge in [-0.2, -0.15) is 0 Å². The van der Waals surface area contributed by atoms with E-state index in [-0.39, 0.29) is 11.4 Å². The summed E-state index contributed by atoms with van der Waals surface area (Å²) in [5, 5.41) is 11.4. The normalized spacial score (nSPS) is 12.3. The summed E-state index contributed by atoms with van der Waals surface area (Å²) < 4.78 is 0. The van der Waals surface area contributed by atoms with Crippen molar-refractivity contribution in [3.63, 3.8) is 0 Å². The number of fused-ring (bicyclic) bond motifs is 1. The van der Waals surface area contributed by atoms with Gasteiger partial charge in [0.25, 0.3) is 5.56 Å². The van der Waals surface area contributed by atoms with Crippen LogP contribution in [-0.4, -0.2) is 21.2 Å². The number of carboxylic acid groups (broad SMARTS) is 1. The zero-order valence-electron chi connectivity index (χ0n) is 9.40. The van der Waals surface area contributed by atoms with Crippen LogP contribution >= 0.6 is 11.6 Å². The fraction of sp³-hybridized carbons (Fsp3) is 0.182. The second kappa shape index (κ2) is 4.66. The van der Waals surface area contributed by atoms with Crippen molar-refractivity contribution < 1.29 is 9.90 Å². The Morgan fingerprint density at radius 1 is 1.56 bits per heavy atom. The van der Waals surface area contributed by atoms with Crippen molar-refractivity contribution in [2.24, 2.45) is 0 Å². The van der Waals surface area contributed by atoms with E-state index in [1.54, 1.807) is 25.1 Å². The molecule has 1 unspecified atom stereocenters. The van der Waals surface area contributed by atoms with Crippen LogP contribution in [0, 0.1) is 0 Å². The van der Waals surface area contributed by atoms with E-state index in [4.69, 9.17) is 16.7 Å². The van der Waals surface area contributed by atoms with Gasteiger partial charge in [0.1, 0.15) is 5.82 Å². The van der Waals surface area contributed by atoms with Crippen LogP contribution in [0.15, 0.2) is 23.0 Å². The van der Waals surface area contributed by atoms with Gasteiger partial charge < -0.3 is 15.4 Å². The molecule has 0 fully saturated rings. The number of aromatic amines is 1. The van der Waals surface area contributed by atoms with Crippen LogP contribution in [0.3, 0.4) is 0 Å². The van der Waals surface area contributed by atoms with Crippen molar-refractivity contribution in [2.45, 2.75) is 13.0 Å². The molecule has 1 aromatic carbocycles. The monoisotopic (exact) mass is 267 g/mol. The third-order valence-corrected chi connectivity index (χ3v) is 2.77. The largest absolute Gasteiger partial charge is 0.465 e. The topological polar surface area (TPSA) is 95.1 Å². The molecule has 1 amide bonds. The molecule has 2 aromatic rings. The lowest BCUT2D eigenvalue weighted by Crippen LogP contribution is -2.27. The van der Waals surface area contributed by atoms with Crippen molar-refractivity contribution in [1.82, 2.24) is 15.3 Å². The lowest BCUT2D eigenvalue weighted by molar-refractivity contribution is 0.190. The molecule has 18 heavy (non-hydrogen) atoms. The Bertz CT molecular complexity index is 668. The average molecular weight is 268 g/mol. The number of nitrogens with one attached hydrogen (secondary N) is 2. The highest BCUT2D eigenvalue weighted by Crippen LogP contribution is 2.19. The summed E-state index contributed by atoms with van der Waals surface area (Å²) in [7, 11) is 0. The highest BCUT2D eigenvalue weighted by Gasteiger charge is 2.13. The van der Waals surface area contributed by atoms with Crippen LogP contribution in [-0.2, 0) is 0 Å². The minimum Gasteiger partial charge on any atom is -0.465 e. The van der Waals surface area contributed by atoms with Gasteiger partial charge in [0.05, 0.1) is 22.0 Å². The Morgan fingerprint density at radius 2 is 2.28 bits per heavy atom. The molecule has 0 bridgehead atoms. The lowest BCUT2D eigenvalue weighted by atomic mass is 10.2. The summed E-state index contributed by atoms with van der Waals surface area (Å²) in [5.74, 6) is 0.247. The number of benzene rings is 1. The van der Waals surface area contributed by atoms with Crippen molar-refractivity contribution >= 4 is 28.6 Å². The molecule has 0 saturated carbocycles. The zero-order chi connectivity index (χ0) is 13.3. The molecular formula is C11H10ClN3O3. The summed E-state index contributed by atoms with van der Waals surface area (Å²) in [4.78, 5) is 29.1. The maximum Gasteiger partial charge on any atom is 0.405 e. The van der Waals surface area contributed by atoms with Crippen molar-refractivity contribution in [3.8, 4) is 0 Å². The smallest absolute Gasteiger partial charge is 0.405 e. The number of rotatable bonds is 2. The molecule has 2 rings (SSSR count). The molecule has 94 valence electrons. The summed E-state index contributed by atoms with van der Waals surface area (Å²) >= 11 is 5.91. The van der Waals surface area contributed by atoms with Gasteiger partial charge in [-0.3, -0.25) is 4.79 Å². The molecule has 3 N–H and O–H groups in total. The maximum absolute atomic E-state index is 11.9. The van der Waals surface area contributed by atoms with Crippen LogP contribution in [0.1, 0.15) is 18.8 Å². The van der Waals surface area contributed by atoms with Gasteiger partial charge in [-0.05, 0) is 19.1 Å². The molecule has 0 spiro atoms. The molecule has 1 heterocycles. The van der Waals surface area contributed by atoms with Gasteiger partial charge >= 0.3 is 6.09 Å².